The van der Waals surface area contributed by atoms with Gasteiger partial charge in [-0.25, -0.2) is 0 Å². The maximum absolute atomic E-state index is 13.3. The molecule has 0 amide bonds. The van der Waals surface area contributed by atoms with Gasteiger partial charge in [0.15, 0.2) is 0 Å². The zero-order valence-electron chi connectivity index (χ0n) is 16.8. The average molecular weight is 394 g/mol. The molecule has 0 aliphatic carbocycles. The highest BCUT2D eigenvalue weighted by atomic mass is 16.1. The largest absolute Gasteiger partial charge is 0.320 e. The molecule has 5 nitrogen and oxygen atoms in total. The quantitative estimate of drug-likeness (QED) is 0.560. The van der Waals surface area contributed by atoms with Crippen molar-refractivity contribution in [1.29, 1.82) is 10.7 Å². The van der Waals surface area contributed by atoms with E-state index in [4.69, 9.17) is 5.41 Å². The maximum atomic E-state index is 13.3. The molecule has 0 saturated heterocycles. The molecule has 0 fully saturated rings. The molecule has 1 N–H and O–H groups in total. The van der Waals surface area contributed by atoms with Crippen molar-refractivity contribution in [3.8, 4) is 6.07 Å². The Balaban J connectivity index is 1.85. The molecule has 148 valence electrons. The van der Waals surface area contributed by atoms with Crippen LogP contribution in [-0.4, -0.2) is 9.13 Å². The Morgan fingerprint density at radius 2 is 1.57 bits per heavy atom. The Kier molecular flexibility index (Phi) is 5.32. The minimum absolute atomic E-state index is 0.120. The lowest BCUT2D eigenvalue weighted by molar-refractivity contribution is 0.652. The fourth-order valence-electron chi connectivity index (χ4n) is 3.79. The van der Waals surface area contributed by atoms with E-state index in [2.05, 4.69) is 18.2 Å². The predicted octanol–water partition coefficient (Wildman–Crippen LogP) is 3.75. The minimum atomic E-state index is -0.126. The Bertz CT molecular complexity index is 1360. The summed E-state index contributed by atoms with van der Waals surface area (Å²) in [5, 5.41) is 18.5. The van der Waals surface area contributed by atoms with Crippen LogP contribution >= 0.6 is 0 Å². The van der Waals surface area contributed by atoms with E-state index in [0.717, 1.165) is 17.7 Å². The number of hydrogen-bond acceptors (Lipinski definition) is 3. The van der Waals surface area contributed by atoms with Crippen LogP contribution in [0.2, 0.25) is 0 Å². The lowest BCUT2D eigenvalue weighted by Gasteiger charge is -2.16. The summed E-state index contributed by atoms with van der Waals surface area (Å²) in [4.78, 5) is 13.3. The molecule has 2 heterocycles. The second-order valence-electron chi connectivity index (χ2n) is 7.37. The van der Waals surface area contributed by atoms with Crippen LogP contribution in [0.5, 0.6) is 0 Å². The Hall–Kier alpha value is -3.91. The summed E-state index contributed by atoms with van der Waals surface area (Å²) in [5.41, 5.74) is 3.90. The van der Waals surface area contributed by atoms with Crippen molar-refractivity contribution in [2.75, 3.05) is 0 Å². The van der Waals surface area contributed by atoms with Crippen LogP contribution in [0.1, 0.15) is 22.4 Å². The molecule has 0 atom stereocenters. The van der Waals surface area contributed by atoms with Crippen LogP contribution in [0.3, 0.4) is 0 Å². The molecule has 0 radical (unpaired) electrons. The summed E-state index contributed by atoms with van der Waals surface area (Å²) in [5.74, 6) is 0. The fraction of sp³-hybridized carbons (Fsp3) is 0.160. The molecular weight excluding hydrogens is 372 g/mol. The number of aromatic nitrogens is 2. The summed E-state index contributed by atoms with van der Waals surface area (Å²) in [6.45, 7) is 2.91. The van der Waals surface area contributed by atoms with Crippen LogP contribution in [0.15, 0.2) is 77.6 Å². The van der Waals surface area contributed by atoms with Gasteiger partial charge in [0.1, 0.15) is 11.6 Å². The second-order valence-corrected chi connectivity index (χ2v) is 7.37. The van der Waals surface area contributed by atoms with Crippen molar-refractivity contribution in [2.45, 2.75) is 26.4 Å². The molecule has 0 aliphatic rings. The van der Waals surface area contributed by atoms with Gasteiger partial charge in [-0.1, -0.05) is 60.7 Å². The molecular formula is C25H22N4O. The zero-order chi connectivity index (χ0) is 21.1. The first-order valence-corrected chi connectivity index (χ1v) is 9.89. The third-order valence-corrected chi connectivity index (χ3v) is 5.40. The summed E-state index contributed by atoms with van der Waals surface area (Å²) >= 11 is 0. The number of nitriles is 1. The topological polar surface area (TPSA) is 74.6 Å². The smallest absolute Gasteiger partial charge is 0.260 e. The number of hydrogen-bond donors (Lipinski definition) is 1. The third kappa shape index (κ3) is 3.68. The average Bonchev–Trinajstić information content (AvgIpc) is 2.77. The number of benzene rings is 2. The van der Waals surface area contributed by atoms with Crippen molar-refractivity contribution in [2.24, 2.45) is 0 Å². The summed E-state index contributed by atoms with van der Waals surface area (Å²) in [7, 11) is 0. The molecule has 4 aromatic rings. The molecule has 0 saturated carbocycles. The number of pyridine rings is 2. The van der Waals surface area contributed by atoms with E-state index in [0.29, 0.717) is 24.0 Å². The highest BCUT2D eigenvalue weighted by Gasteiger charge is 2.14. The first kappa shape index (κ1) is 19.4. The van der Waals surface area contributed by atoms with E-state index in [-0.39, 0.29) is 16.6 Å². The van der Waals surface area contributed by atoms with Crippen molar-refractivity contribution in [3.63, 3.8) is 0 Å². The Morgan fingerprint density at radius 1 is 0.933 bits per heavy atom. The Morgan fingerprint density at radius 3 is 2.20 bits per heavy atom. The summed E-state index contributed by atoms with van der Waals surface area (Å²) < 4.78 is 3.51. The highest BCUT2D eigenvalue weighted by molar-refractivity contribution is 5.80. The predicted molar refractivity (Wildman–Crippen MR) is 117 cm³/mol. The van der Waals surface area contributed by atoms with E-state index in [1.54, 1.807) is 15.2 Å². The normalized spacial score (nSPS) is 10.8. The van der Waals surface area contributed by atoms with Crippen LogP contribution in [0.4, 0.5) is 0 Å². The van der Waals surface area contributed by atoms with Gasteiger partial charge in [0.2, 0.25) is 0 Å². The van der Waals surface area contributed by atoms with E-state index >= 15 is 0 Å². The second kappa shape index (κ2) is 8.22. The minimum Gasteiger partial charge on any atom is -0.320 e. The molecule has 2 aromatic carbocycles. The van der Waals surface area contributed by atoms with Crippen molar-refractivity contribution < 1.29 is 0 Å². The number of nitrogens with zero attached hydrogens (tertiary/aromatic N) is 3. The van der Waals surface area contributed by atoms with Crippen molar-refractivity contribution in [3.05, 3.63) is 111 Å². The van der Waals surface area contributed by atoms with Gasteiger partial charge in [0, 0.05) is 18.8 Å². The number of nitrogens with one attached hydrogen (secondary N) is 1. The van der Waals surface area contributed by atoms with Gasteiger partial charge >= 0.3 is 0 Å². The first-order chi connectivity index (χ1) is 14.6. The SMILES string of the molecule is Cc1cc2c(cc(C#N)c(=N)n2Cc2ccccc2)c(=O)n1CCc1ccccc1. The molecule has 30 heavy (non-hydrogen) atoms. The van der Waals surface area contributed by atoms with Crippen molar-refractivity contribution in [1.82, 2.24) is 9.13 Å². The van der Waals surface area contributed by atoms with Crippen LogP contribution in [0.25, 0.3) is 10.9 Å². The Labute approximate surface area is 174 Å². The van der Waals surface area contributed by atoms with Crippen LogP contribution in [-0.2, 0) is 19.5 Å². The van der Waals surface area contributed by atoms with Gasteiger partial charge < -0.3 is 9.13 Å². The highest BCUT2D eigenvalue weighted by Crippen LogP contribution is 2.15. The molecule has 0 aliphatic heterocycles. The van der Waals surface area contributed by atoms with Gasteiger partial charge in [0.05, 0.1) is 16.5 Å². The van der Waals surface area contributed by atoms with E-state index in [1.807, 2.05) is 61.5 Å². The number of aryl methyl sites for hydroxylation is 2. The van der Waals surface area contributed by atoms with E-state index in [9.17, 15) is 10.1 Å². The lowest BCUT2D eigenvalue weighted by Crippen LogP contribution is -2.29. The first-order valence-electron chi connectivity index (χ1n) is 9.89. The van der Waals surface area contributed by atoms with Gasteiger partial charge in [-0.2, -0.15) is 5.26 Å². The lowest BCUT2D eigenvalue weighted by atomic mass is 10.1. The monoisotopic (exact) mass is 394 g/mol. The molecule has 5 heteroatoms. The van der Waals surface area contributed by atoms with Gasteiger partial charge in [-0.05, 0) is 36.6 Å². The molecule has 2 aromatic heterocycles. The summed E-state index contributed by atoms with van der Waals surface area (Å²) in [6, 6.07) is 25.4. The third-order valence-electron chi connectivity index (χ3n) is 5.40. The molecule has 4 rings (SSSR count). The van der Waals surface area contributed by atoms with E-state index < -0.39 is 0 Å². The number of rotatable bonds is 5. The van der Waals surface area contributed by atoms with E-state index in [1.165, 1.54) is 5.56 Å². The molecule has 0 unspecified atom stereocenters. The van der Waals surface area contributed by atoms with Crippen LogP contribution < -0.4 is 11.0 Å². The van der Waals surface area contributed by atoms with Gasteiger partial charge in [-0.15, -0.1) is 0 Å². The number of fused-ring (bicyclic) bond motifs is 1. The van der Waals surface area contributed by atoms with Crippen molar-refractivity contribution >= 4 is 10.9 Å². The zero-order valence-corrected chi connectivity index (χ0v) is 16.8. The fourth-order valence-corrected chi connectivity index (χ4v) is 3.79. The molecule has 0 spiro atoms. The van der Waals surface area contributed by atoms with Gasteiger partial charge in [-0.3, -0.25) is 10.2 Å². The standard InChI is InChI=1S/C25H22N4O/c1-18-14-23-22(25(30)28(18)13-12-19-8-4-2-5-9-19)15-21(16-26)24(27)29(23)17-20-10-6-3-7-11-20/h2-11,14-15,27H,12-13,17H2,1H3. The summed E-state index contributed by atoms with van der Waals surface area (Å²) in [6.07, 6.45) is 0.749. The molecule has 0 bridgehead atoms. The maximum Gasteiger partial charge on any atom is 0.260 e. The van der Waals surface area contributed by atoms with Gasteiger partial charge in [0.25, 0.3) is 5.56 Å². The van der Waals surface area contributed by atoms with Crippen LogP contribution in [0, 0.1) is 23.7 Å².